The van der Waals surface area contributed by atoms with E-state index in [2.05, 4.69) is 37.9 Å². The van der Waals surface area contributed by atoms with Crippen molar-refractivity contribution < 1.29 is 9.50 Å². The van der Waals surface area contributed by atoms with Crippen LogP contribution in [0.1, 0.15) is 23.1 Å². The molecule has 21 heavy (non-hydrogen) atoms. The summed E-state index contributed by atoms with van der Waals surface area (Å²) in [5, 5.41) is 10.9. The molecule has 0 saturated carbocycles. The minimum absolute atomic E-state index is 0.0162. The smallest absolute Gasteiger partial charge is 0.149 e. The average Bonchev–Trinajstić information content (AvgIpc) is 2.45. The summed E-state index contributed by atoms with van der Waals surface area (Å²) in [6.07, 6.45) is 1.58. The molecule has 0 saturated heterocycles. The summed E-state index contributed by atoms with van der Waals surface area (Å²) >= 11 is 12.6. The molecule has 0 amide bonds. The standard InChI is InChI=1S/C16H12Br2ClFO/c17-11-2-1-10-8-16(21,6-5-9(10)7-11)12-3-4-13(18)14(19)15(12)20/h1-4,7,21H,5-6,8H2. The first kappa shape index (κ1) is 15.5. The van der Waals surface area contributed by atoms with Crippen molar-refractivity contribution in [3.8, 4) is 0 Å². The van der Waals surface area contributed by atoms with E-state index in [9.17, 15) is 9.50 Å². The highest BCUT2D eigenvalue weighted by Gasteiger charge is 2.36. The molecule has 2 aromatic rings. The molecule has 0 heterocycles. The fraction of sp³-hybridized carbons (Fsp3) is 0.250. The van der Waals surface area contributed by atoms with E-state index in [1.165, 1.54) is 5.56 Å². The van der Waals surface area contributed by atoms with Crippen molar-refractivity contribution in [1.82, 2.24) is 0 Å². The molecule has 0 bridgehead atoms. The molecule has 1 unspecified atom stereocenters. The Bertz CT molecular complexity index is 720. The van der Waals surface area contributed by atoms with Crippen LogP contribution in [0.4, 0.5) is 4.39 Å². The second-order valence-corrected chi connectivity index (χ2v) is 7.49. The zero-order valence-electron chi connectivity index (χ0n) is 11.0. The molecule has 3 rings (SSSR count). The van der Waals surface area contributed by atoms with E-state index < -0.39 is 11.4 Å². The largest absolute Gasteiger partial charge is 0.385 e. The Labute approximate surface area is 144 Å². The highest BCUT2D eigenvalue weighted by atomic mass is 79.9. The van der Waals surface area contributed by atoms with Crippen molar-refractivity contribution in [2.24, 2.45) is 0 Å². The molecule has 2 aromatic carbocycles. The molecular formula is C16H12Br2ClFO. The van der Waals surface area contributed by atoms with Gasteiger partial charge < -0.3 is 5.11 Å². The SMILES string of the molecule is OC1(c2ccc(Br)c(Cl)c2F)CCc2cc(Br)ccc2C1. The maximum atomic E-state index is 14.4. The highest BCUT2D eigenvalue weighted by molar-refractivity contribution is 9.10. The van der Waals surface area contributed by atoms with Gasteiger partial charge in [0.1, 0.15) is 5.82 Å². The summed E-state index contributed by atoms with van der Waals surface area (Å²) < 4.78 is 15.9. The molecule has 110 valence electrons. The van der Waals surface area contributed by atoms with E-state index in [1.54, 1.807) is 12.1 Å². The van der Waals surface area contributed by atoms with E-state index in [0.717, 1.165) is 10.0 Å². The minimum Gasteiger partial charge on any atom is -0.385 e. The van der Waals surface area contributed by atoms with Crippen LogP contribution in [0.5, 0.6) is 0 Å². The van der Waals surface area contributed by atoms with E-state index in [-0.39, 0.29) is 10.6 Å². The monoisotopic (exact) mass is 432 g/mol. The predicted molar refractivity (Wildman–Crippen MR) is 89.2 cm³/mol. The Hall–Kier alpha value is -0.420. The number of aryl methyl sites for hydroxylation is 1. The zero-order chi connectivity index (χ0) is 15.2. The minimum atomic E-state index is -1.21. The van der Waals surface area contributed by atoms with Crippen LogP contribution in [0.3, 0.4) is 0 Å². The van der Waals surface area contributed by atoms with Crippen LogP contribution in [0.15, 0.2) is 39.3 Å². The fourth-order valence-corrected chi connectivity index (χ4v) is 3.74. The molecule has 1 aliphatic carbocycles. The third-order valence-corrected chi connectivity index (χ3v) is 5.75. The van der Waals surface area contributed by atoms with Gasteiger partial charge in [0.05, 0.1) is 10.6 Å². The van der Waals surface area contributed by atoms with Crippen molar-refractivity contribution >= 4 is 43.5 Å². The van der Waals surface area contributed by atoms with Gasteiger partial charge in [0, 0.05) is 20.9 Å². The van der Waals surface area contributed by atoms with E-state index in [4.69, 9.17) is 11.6 Å². The summed E-state index contributed by atoms with van der Waals surface area (Å²) in [4.78, 5) is 0. The lowest BCUT2D eigenvalue weighted by Crippen LogP contribution is -2.34. The number of fused-ring (bicyclic) bond motifs is 1. The van der Waals surface area contributed by atoms with Crippen molar-refractivity contribution in [3.63, 3.8) is 0 Å². The summed E-state index contributed by atoms with van der Waals surface area (Å²) in [5.74, 6) is -0.547. The maximum Gasteiger partial charge on any atom is 0.149 e. The lowest BCUT2D eigenvalue weighted by atomic mass is 9.76. The predicted octanol–water partition coefficient (Wildman–Crippen LogP) is 5.38. The summed E-state index contributed by atoms with van der Waals surface area (Å²) in [6, 6.07) is 9.25. The second kappa shape index (κ2) is 5.65. The quantitative estimate of drug-likeness (QED) is 0.598. The van der Waals surface area contributed by atoms with E-state index in [0.29, 0.717) is 23.7 Å². The van der Waals surface area contributed by atoms with Gasteiger partial charge >= 0.3 is 0 Å². The summed E-state index contributed by atoms with van der Waals surface area (Å²) in [7, 11) is 0. The van der Waals surface area contributed by atoms with Crippen LogP contribution in [0.25, 0.3) is 0 Å². The van der Waals surface area contributed by atoms with Crippen LogP contribution in [-0.4, -0.2) is 5.11 Å². The Balaban J connectivity index is 2.04. The Morgan fingerprint density at radius 3 is 2.67 bits per heavy atom. The number of hydrogen-bond donors (Lipinski definition) is 1. The number of rotatable bonds is 1. The van der Waals surface area contributed by atoms with Crippen LogP contribution in [0.2, 0.25) is 5.02 Å². The highest BCUT2D eigenvalue weighted by Crippen LogP contribution is 2.41. The summed E-state index contributed by atoms with van der Waals surface area (Å²) in [5.41, 5.74) is 1.29. The number of benzene rings is 2. The Morgan fingerprint density at radius 2 is 1.90 bits per heavy atom. The third-order valence-electron chi connectivity index (χ3n) is 4.00. The van der Waals surface area contributed by atoms with Crippen molar-refractivity contribution in [2.75, 3.05) is 0 Å². The third kappa shape index (κ3) is 2.79. The first-order chi connectivity index (χ1) is 9.90. The topological polar surface area (TPSA) is 20.2 Å². The number of halogens is 4. The molecule has 5 heteroatoms. The second-order valence-electron chi connectivity index (χ2n) is 5.34. The number of hydrogen-bond acceptors (Lipinski definition) is 1. The van der Waals surface area contributed by atoms with Gasteiger partial charge in [-0.25, -0.2) is 4.39 Å². The van der Waals surface area contributed by atoms with E-state index in [1.807, 2.05) is 12.1 Å². The van der Waals surface area contributed by atoms with Gasteiger partial charge in [-0.3, -0.25) is 0 Å². The van der Waals surface area contributed by atoms with Gasteiger partial charge in [0.25, 0.3) is 0 Å². The van der Waals surface area contributed by atoms with Gasteiger partial charge in [0.2, 0.25) is 0 Å². The molecule has 1 nitrogen and oxygen atoms in total. The molecule has 0 aromatic heterocycles. The maximum absolute atomic E-state index is 14.4. The summed E-state index contributed by atoms with van der Waals surface area (Å²) in [6.45, 7) is 0. The lowest BCUT2D eigenvalue weighted by Gasteiger charge is -2.34. The average molecular weight is 435 g/mol. The van der Waals surface area contributed by atoms with Crippen LogP contribution >= 0.6 is 43.5 Å². The molecule has 0 spiro atoms. The Kier molecular flexibility index (Phi) is 4.17. The van der Waals surface area contributed by atoms with Gasteiger partial charge in [-0.05, 0) is 58.1 Å². The number of aliphatic hydroxyl groups is 1. The molecule has 1 atom stereocenters. The van der Waals surface area contributed by atoms with Crippen molar-refractivity contribution in [1.29, 1.82) is 0 Å². The lowest BCUT2D eigenvalue weighted by molar-refractivity contribution is 0.0188. The molecule has 1 N–H and O–H groups in total. The van der Waals surface area contributed by atoms with E-state index >= 15 is 0 Å². The molecule has 0 radical (unpaired) electrons. The van der Waals surface area contributed by atoms with Gasteiger partial charge in [-0.1, -0.05) is 39.7 Å². The van der Waals surface area contributed by atoms with Gasteiger partial charge in [-0.15, -0.1) is 0 Å². The van der Waals surface area contributed by atoms with Gasteiger partial charge in [-0.2, -0.15) is 0 Å². The first-order valence-corrected chi connectivity index (χ1v) is 8.51. The van der Waals surface area contributed by atoms with Gasteiger partial charge in [0.15, 0.2) is 0 Å². The first-order valence-electron chi connectivity index (χ1n) is 6.54. The fourth-order valence-electron chi connectivity index (χ4n) is 2.86. The molecule has 0 aliphatic heterocycles. The molecule has 0 fully saturated rings. The Morgan fingerprint density at radius 1 is 1.14 bits per heavy atom. The van der Waals surface area contributed by atoms with Crippen LogP contribution in [-0.2, 0) is 18.4 Å². The zero-order valence-corrected chi connectivity index (χ0v) is 14.9. The molecule has 1 aliphatic rings. The molecular weight excluding hydrogens is 422 g/mol. The van der Waals surface area contributed by atoms with Crippen molar-refractivity contribution in [2.45, 2.75) is 24.9 Å². The van der Waals surface area contributed by atoms with Crippen LogP contribution < -0.4 is 0 Å². The normalized spacial score (nSPS) is 21.2. The van der Waals surface area contributed by atoms with Crippen molar-refractivity contribution in [3.05, 3.63) is 66.8 Å². The van der Waals surface area contributed by atoms with Crippen LogP contribution in [0, 0.1) is 5.82 Å².